The molecule has 1 aliphatic rings. The molecular formula is C12H23N3O2. The molecule has 1 fully saturated rings. The second-order valence-corrected chi connectivity index (χ2v) is 4.93. The molecule has 17 heavy (non-hydrogen) atoms. The van der Waals surface area contributed by atoms with Gasteiger partial charge in [0, 0.05) is 26.1 Å². The summed E-state index contributed by atoms with van der Waals surface area (Å²) >= 11 is 0. The van der Waals surface area contributed by atoms with E-state index in [4.69, 9.17) is 5.73 Å². The standard InChI is InChI=1S/C12H23N3O2/c1-8-9(5-4-6-10(8)13)12(17)15(3)7-11(16)14-2/h8-10H,4-7,13H2,1-3H3,(H,14,16). The van der Waals surface area contributed by atoms with Crippen molar-refractivity contribution in [3.63, 3.8) is 0 Å². The summed E-state index contributed by atoms with van der Waals surface area (Å²) in [6, 6.07) is 0.103. The molecule has 0 aliphatic heterocycles. The molecule has 0 aromatic rings. The van der Waals surface area contributed by atoms with Crippen molar-refractivity contribution in [3.8, 4) is 0 Å². The van der Waals surface area contributed by atoms with Crippen molar-refractivity contribution in [1.29, 1.82) is 0 Å². The Morgan fingerprint density at radius 1 is 1.41 bits per heavy atom. The molecule has 0 heterocycles. The Balaban J connectivity index is 2.59. The first-order valence-corrected chi connectivity index (χ1v) is 6.18. The molecule has 0 spiro atoms. The number of nitrogens with two attached hydrogens (primary N) is 1. The van der Waals surface area contributed by atoms with Crippen LogP contribution < -0.4 is 11.1 Å². The van der Waals surface area contributed by atoms with E-state index >= 15 is 0 Å². The Morgan fingerprint density at radius 3 is 2.65 bits per heavy atom. The lowest BCUT2D eigenvalue weighted by Crippen LogP contribution is -2.46. The van der Waals surface area contributed by atoms with Gasteiger partial charge in [0.25, 0.3) is 0 Å². The van der Waals surface area contributed by atoms with Crippen LogP contribution in [0.15, 0.2) is 0 Å². The van der Waals surface area contributed by atoms with Crippen molar-refractivity contribution in [2.24, 2.45) is 17.6 Å². The number of nitrogens with zero attached hydrogens (tertiary/aromatic N) is 1. The first-order valence-electron chi connectivity index (χ1n) is 6.18. The molecule has 1 rings (SSSR count). The Hall–Kier alpha value is -1.10. The molecule has 0 aromatic heterocycles. The highest BCUT2D eigenvalue weighted by Crippen LogP contribution is 2.30. The van der Waals surface area contributed by atoms with Gasteiger partial charge in [-0.3, -0.25) is 9.59 Å². The van der Waals surface area contributed by atoms with Crippen LogP contribution in [-0.4, -0.2) is 43.4 Å². The van der Waals surface area contributed by atoms with Gasteiger partial charge in [0.2, 0.25) is 11.8 Å². The average Bonchev–Trinajstić information content (AvgIpc) is 2.31. The Labute approximate surface area is 103 Å². The molecule has 5 nitrogen and oxygen atoms in total. The van der Waals surface area contributed by atoms with Gasteiger partial charge in [-0.05, 0) is 18.8 Å². The van der Waals surface area contributed by atoms with E-state index in [1.54, 1.807) is 14.1 Å². The van der Waals surface area contributed by atoms with E-state index in [-0.39, 0.29) is 36.2 Å². The van der Waals surface area contributed by atoms with Crippen LogP contribution >= 0.6 is 0 Å². The number of amides is 2. The van der Waals surface area contributed by atoms with Gasteiger partial charge in [0.15, 0.2) is 0 Å². The van der Waals surface area contributed by atoms with Gasteiger partial charge in [-0.15, -0.1) is 0 Å². The largest absolute Gasteiger partial charge is 0.358 e. The summed E-state index contributed by atoms with van der Waals surface area (Å²) < 4.78 is 0. The lowest BCUT2D eigenvalue weighted by atomic mass is 9.76. The van der Waals surface area contributed by atoms with Crippen LogP contribution in [0.4, 0.5) is 0 Å². The Kier molecular flexibility index (Phi) is 4.93. The molecule has 3 N–H and O–H groups in total. The third-order valence-corrected chi connectivity index (χ3v) is 3.72. The zero-order valence-corrected chi connectivity index (χ0v) is 10.9. The summed E-state index contributed by atoms with van der Waals surface area (Å²) in [5, 5.41) is 2.52. The summed E-state index contributed by atoms with van der Waals surface area (Å²) in [5.74, 6) is 0.0571. The van der Waals surface area contributed by atoms with Gasteiger partial charge in [0.1, 0.15) is 0 Å². The normalized spacial score (nSPS) is 28.6. The summed E-state index contributed by atoms with van der Waals surface area (Å²) in [6.07, 6.45) is 2.87. The van der Waals surface area contributed by atoms with Gasteiger partial charge in [0.05, 0.1) is 6.54 Å². The third kappa shape index (κ3) is 3.43. The Bertz CT molecular complexity index is 293. The quantitative estimate of drug-likeness (QED) is 0.727. The lowest BCUT2D eigenvalue weighted by Gasteiger charge is -2.35. The highest BCUT2D eigenvalue weighted by Gasteiger charge is 2.34. The summed E-state index contributed by atoms with van der Waals surface area (Å²) in [6.45, 7) is 2.15. The number of hydrogen-bond donors (Lipinski definition) is 2. The van der Waals surface area contributed by atoms with Crippen LogP contribution in [0.3, 0.4) is 0 Å². The highest BCUT2D eigenvalue weighted by atomic mass is 16.2. The molecule has 1 aliphatic carbocycles. The minimum absolute atomic E-state index is 0.0339. The minimum Gasteiger partial charge on any atom is -0.358 e. The third-order valence-electron chi connectivity index (χ3n) is 3.72. The number of nitrogens with one attached hydrogen (secondary N) is 1. The fourth-order valence-electron chi connectivity index (χ4n) is 2.40. The van der Waals surface area contributed by atoms with Crippen LogP contribution in [0.25, 0.3) is 0 Å². The van der Waals surface area contributed by atoms with E-state index in [0.717, 1.165) is 19.3 Å². The fourth-order valence-corrected chi connectivity index (χ4v) is 2.40. The van der Waals surface area contributed by atoms with E-state index in [1.807, 2.05) is 6.92 Å². The maximum Gasteiger partial charge on any atom is 0.239 e. The molecular weight excluding hydrogens is 218 g/mol. The van der Waals surface area contributed by atoms with Crippen molar-refractivity contribution in [2.75, 3.05) is 20.6 Å². The molecule has 5 heteroatoms. The smallest absolute Gasteiger partial charge is 0.239 e. The molecule has 0 radical (unpaired) electrons. The van der Waals surface area contributed by atoms with E-state index in [0.29, 0.717) is 0 Å². The van der Waals surface area contributed by atoms with Crippen LogP contribution in [0.2, 0.25) is 0 Å². The van der Waals surface area contributed by atoms with Gasteiger partial charge in [-0.2, -0.15) is 0 Å². The molecule has 3 unspecified atom stereocenters. The van der Waals surface area contributed by atoms with Crippen molar-refractivity contribution < 1.29 is 9.59 Å². The first kappa shape index (κ1) is 14.0. The van der Waals surface area contributed by atoms with Crippen LogP contribution in [0.1, 0.15) is 26.2 Å². The number of hydrogen-bond acceptors (Lipinski definition) is 3. The maximum atomic E-state index is 12.2. The van der Waals surface area contributed by atoms with Crippen molar-refractivity contribution in [3.05, 3.63) is 0 Å². The number of carbonyl (C=O) groups excluding carboxylic acids is 2. The first-order chi connectivity index (χ1) is 7.97. The zero-order valence-electron chi connectivity index (χ0n) is 10.9. The molecule has 1 saturated carbocycles. The number of likely N-dealkylation sites (N-methyl/N-ethyl adjacent to an activating group) is 2. The second-order valence-electron chi connectivity index (χ2n) is 4.93. The van der Waals surface area contributed by atoms with E-state index in [9.17, 15) is 9.59 Å². The monoisotopic (exact) mass is 241 g/mol. The van der Waals surface area contributed by atoms with Crippen LogP contribution in [0.5, 0.6) is 0 Å². The van der Waals surface area contributed by atoms with E-state index < -0.39 is 0 Å². The molecule has 0 bridgehead atoms. The highest BCUT2D eigenvalue weighted by molar-refractivity contribution is 5.85. The van der Waals surface area contributed by atoms with E-state index in [2.05, 4.69) is 5.32 Å². The van der Waals surface area contributed by atoms with E-state index in [1.165, 1.54) is 4.90 Å². The topological polar surface area (TPSA) is 75.4 Å². The summed E-state index contributed by atoms with van der Waals surface area (Å²) in [4.78, 5) is 24.9. The van der Waals surface area contributed by atoms with Gasteiger partial charge < -0.3 is 16.0 Å². The van der Waals surface area contributed by atoms with Crippen LogP contribution in [0, 0.1) is 11.8 Å². The molecule has 98 valence electrons. The SMILES string of the molecule is CNC(=O)CN(C)C(=O)C1CCCC(N)C1C. The predicted octanol–water partition coefficient (Wildman–Crippen LogP) is -0.0457. The second kappa shape index (κ2) is 6.00. The predicted molar refractivity (Wildman–Crippen MR) is 66.2 cm³/mol. The average molecular weight is 241 g/mol. The number of rotatable bonds is 3. The molecule has 2 amide bonds. The van der Waals surface area contributed by atoms with Gasteiger partial charge in [-0.1, -0.05) is 13.3 Å². The van der Waals surface area contributed by atoms with Crippen molar-refractivity contribution in [1.82, 2.24) is 10.2 Å². The van der Waals surface area contributed by atoms with Crippen LogP contribution in [-0.2, 0) is 9.59 Å². The maximum absolute atomic E-state index is 12.2. The lowest BCUT2D eigenvalue weighted by molar-refractivity contribution is -0.140. The zero-order chi connectivity index (χ0) is 13.0. The molecule has 3 atom stereocenters. The minimum atomic E-state index is -0.145. The van der Waals surface area contributed by atoms with Crippen molar-refractivity contribution in [2.45, 2.75) is 32.2 Å². The molecule has 0 aromatic carbocycles. The van der Waals surface area contributed by atoms with Gasteiger partial charge in [-0.25, -0.2) is 0 Å². The van der Waals surface area contributed by atoms with Crippen molar-refractivity contribution >= 4 is 11.8 Å². The molecule has 0 saturated heterocycles. The summed E-state index contributed by atoms with van der Waals surface area (Å²) in [5.41, 5.74) is 5.98. The fraction of sp³-hybridized carbons (Fsp3) is 0.833. The number of carbonyl (C=O) groups is 2. The Morgan fingerprint density at radius 2 is 2.06 bits per heavy atom. The summed E-state index contributed by atoms with van der Waals surface area (Å²) in [7, 11) is 3.24. The van der Waals surface area contributed by atoms with Gasteiger partial charge >= 0.3 is 0 Å².